The average Bonchev–Trinajstić information content (AvgIpc) is 1.85. The van der Waals surface area contributed by atoms with Crippen molar-refractivity contribution in [2.75, 3.05) is 5.33 Å². The van der Waals surface area contributed by atoms with Gasteiger partial charge in [-0.2, -0.15) is 0 Å². The molecule has 8 heavy (non-hydrogen) atoms. The highest BCUT2D eigenvalue weighted by atomic mass is 79.9. The van der Waals surface area contributed by atoms with Crippen molar-refractivity contribution in [3.05, 3.63) is 0 Å². The maximum absolute atomic E-state index is 6.94. The minimum Gasteiger partial charge on any atom is -0.0928 e. The predicted molar refractivity (Wildman–Crippen MR) is 42.6 cm³/mol. The third kappa shape index (κ3) is 6.48. The molecule has 0 aliphatic rings. The van der Waals surface area contributed by atoms with Crippen LogP contribution in [0.1, 0.15) is 43.1 Å². The fourth-order valence-corrected chi connectivity index (χ4v) is 0.970. The molecule has 0 heterocycles. The van der Waals surface area contributed by atoms with E-state index in [2.05, 4.69) is 15.9 Å². The average molecular weight is 182 g/mol. The lowest BCUT2D eigenvalue weighted by atomic mass is 10.2. The molecule has 0 saturated carbocycles. The Bertz CT molecular complexity index is 90.2. The van der Waals surface area contributed by atoms with Crippen LogP contribution in [0.4, 0.5) is 0 Å². The molecule has 0 bridgehead atoms. The molecule has 0 aliphatic heterocycles. The van der Waals surface area contributed by atoms with E-state index in [1.54, 1.807) is 0 Å². The van der Waals surface area contributed by atoms with Crippen molar-refractivity contribution < 1.29 is 4.11 Å². The van der Waals surface area contributed by atoms with E-state index < -0.39 is 6.85 Å². The second-order valence-electron chi connectivity index (χ2n) is 1.85. The normalized spacial score (nSPS) is 16.9. The molecule has 0 radical (unpaired) electrons. The summed E-state index contributed by atoms with van der Waals surface area (Å²) in [5, 5.41) is 1.03. The first-order valence-electron chi connectivity index (χ1n) is 4.62. The van der Waals surface area contributed by atoms with Gasteiger partial charge < -0.3 is 0 Å². The molecule has 1 heteroatoms. The molecular formula is C7H15Br. The van der Waals surface area contributed by atoms with E-state index in [9.17, 15) is 0 Å². The van der Waals surface area contributed by atoms with Crippen LogP contribution in [-0.2, 0) is 0 Å². The van der Waals surface area contributed by atoms with Gasteiger partial charge in [-0.05, 0) is 6.42 Å². The number of rotatable bonds is 5. The van der Waals surface area contributed by atoms with Gasteiger partial charge in [0.25, 0.3) is 0 Å². The molecule has 0 spiro atoms. The summed E-state index contributed by atoms with van der Waals surface area (Å²) >= 11 is 3.33. The molecule has 0 aromatic rings. The van der Waals surface area contributed by atoms with Crippen LogP contribution in [0.15, 0.2) is 0 Å². The molecule has 0 aromatic heterocycles. The Hall–Kier alpha value is 0.480. The minimum atomic E-state index is -1.71. The fraction of sp³-hybridized carbons (Fsp3) is 1.00. The first-order chi connectivity index (χ1) is 5.06. The van der Waals surface area contributed by atoms with Crippen molar-refractivity contribution in [3.8, 4) is 0 Å². The van der Waals surface area contributed by atoms with E-state index >= 15 is 0 Å². The Labute approximate surface area is 65.0 Å². The number of alkyl halides is 1. The smallest absolute Gasteiger partial charge is 0.0230 e. The van der Waals surface area contributed by atoms with E-state index in [1.807, 2.05) is 0 Å². The molecular weight excluding hydrogens is 164 g/mol. The molecule has 0 unspecified atom stereocenters. The molecule has 0 fully saturated rings. The summed E-state index contributed by atoms with van der Waals surface area (Å²) in [5.74, 6) is 0. The Morgan fingerprint density at radius 2 is 2.00 bits per heavy atom. The molecule has 0 amide bonds. The largest absolute Gasteiger partial charge is 0.0928 e. The Balaban J connectivity index is 3.02. The lowest BCUT2D eigenvalue weighted by Crippen LogP contribution is -1.76. The zero-order valence-corrected chi connectivity index (χ0v) is 6.71. The second-order valence-corrected chi connectivity index (χ2v) is 2.65. The van der Waals surface area contributed by atoms with Gasteiger partial charge in [0.15, 0.2) is 0 Å². The Kier molecular flexibility index (Phi) is 4.04. The van der Waals surface area contributed by atoms with Crippen molar-refractivity contribution in [2.24, 2.45) is 0 Å². The lowest BCUT2D eigenvalue weighted by molar-refractivity contribution is 0.660. The summed E-state index contributed by atoms with van der Waals surface area (Å²) in [4.78, 5) is 0. The molecule has 0 aromatic carbocycles. The molecule has 0 N–H and O–H groups in total. The van der Waals surface area contributed by atoms with Gasteiger partial charge in [0.2, 0.25) is 0 Å². The maximum atomic E-state index is 6.94. The predicted octanol–water partition coefficient (Wildman–Crippen LogP) is 3.35. The van der Waals surface area contributed by atoms with E-state index in [-0.39, 0.29) is 0 Å². The number of halogens is 1. The number of hydrogen-bond acceptors (Lipinski definition) is 0. The van der Waals surface area contributed by atoms with E-state index in [4.69, 9.17) is 4.11 Å². The van der Waals surface area contributed by atoms with Crippen LogP contribution >= 0.6 is 15.9 Å². The second kappa shape index (κ2) is 7.48. The fourth-order valence-electron chi connectivity index (χ4n) is 0.573. The van der Waals surface area contributed by atoms with E-state index in [0.717, 1.165) is 31.0 Å². The Morgan fingerprint density at radius 3 is 2.62 bits per heavy atom. The van der Waals surface area contributed by atoms with Crippen LogP contribution in [0.5, 0.6) is 0 Å². The summed E-state index contributed by atoms with van der Waals surface area (Å²) in [6, 6.07) is 0. The zero-order valence-electron chi connectivity index (χ0n) is 8.12. The SMILES string of the molecule is [2H]C([2H])([2H])CCCCCCBr. The van der Waals surface area contributed by atoms with Crippen LogP contribution in [0.3, 0.4) is 0 Å². The van der Waals surface area contributed by atoms with Gasteiger partial charge in [0, 0.05) is 9.44 Å². The van der Waals surface area contributed by atoms with Crippen LogP contribution in [0, 0.1) is 0 Å². The quantitative estimate of drug-likeness (QED) is 0.451. The zero-order chi connectivity index (χ0) is 8.74. The van der Waals surface area contributed by atoms with Crippen LogP contribution in [-0.4, -0.2) is 5.33 Å². The monoisotopic (exact) mass is 181 g/mol. The van der Waals surface area contributed by atoms with Gasteiger partial charge in [0.05, 0.1) is 0 Å². The standard InChI is InChI=1S/C7H15Br/c1-2-3-4-5-6-7-8/h2-7H2,1H3/i1D3. The van der Waals surface area contributed by atoms with Gasteiger partial charge in [-0.25, -0.2) is 0 Å². The summed E-state index contributed by atoms with van der Waals surface area (Å²) in [5.41, 5.74) is 0. The first-order valence-corrected chi connectivity index (χ1v) is 4.24. The Morgan fingerprint density at radius 1 is 1.25 bits per heavy atom. The van der Waals surface area contributed by atoms with Crippen molar-refractivity contribution >= 4 is 15.9 Å². The van der Waals surface area contributed by atoms with Gasteiger partial charge >= 0.3 is 0 Å². The molecule has 0 nitrogen and oxygen atoms in total. The third-order valence-corrected chi connectivity index (χ3v) is 1.62. The summed E-state index contributed by atoms with van der Waals surface area (Å²) in [6.45, 7) is -1.71. The molecule has 0 aliphatic carbocycles. The van der Waals surface area contributed by atoms with Crippen LogP contribution in [0.2, 0.25) is 0 Å². The first kappa shape index (κ1) is 4.32. The van der Waals surface area contributed by atoms with Crippen LogP contribution in [0.25, 0.3) is 0 Å². The highest BCUT2D eigenvalue weighted by Gasteiger charge is 1.84. The summed E-state index contributed by atoms with van der Waals surface area (Å²) < 4.78 is 20.8. The molecule has 0 atom stereocenters. The van der Waals surface area contributed by atoms with Gasteiger partial charge in [-0.15, -0.1) is 0 Å². The molecule has 50 valence electrons. The van der Waals surface area contributed by atoms with Crippen molar-refractivity contribution in [2.45, 2.75) is 39.0 Å². The van der Waals surface area contributed by atoms with Gasteiger partial charge in [-0.3, -0.25) is 0 Å². The van der Waals surface area contributed by atoms with Gasteiger partial charge in [0.1, 0.15) is 0 Å². The van der Waals surface area contributed by atoms with Crippen LogP contribution < -0.4 is 0 Å². The number of hydrogen-bond donors (Lipinski definition) is 0. The lowest BCUT2D eigenvalue weighted by Gasteiger charge is -1.93. The van der Waals surface area contributed by atoms with Crippen molar-refractivity contribution in [3.63, 3.8) is 0 Å². The van der Waals surface area contributed by atoms with E-state index in [0.29, 0.717) is 6.42 Å². The van der Waals surface area contributed by atoms with E-state index in [1.165, 1.54) is 0 Å². The van der Waals surface area contributed by atoms with Crippen molar-refractivity contribution in [1.82, 2.24) is 0 Å². The molecule has 0 rings (SSSR count). The minimum absolute atomic E-state index is 0.370. The van der Waals surface area contributed by atoms with Crippen molar-refractivity contribution in [1.29, 1.82) is 0 Å². The highest BCUT2D eigenvalue weighted by Crippen LogP contribution is 2.03. The molecule has 0 saturated heterocycles. The topological polar surface area (TPSA) is 0 Å². The van der Waals surface area contributed by atoms with Gasteiger partial charge in [-0.1, -0.05) is 48.5 Å². The third-order valence-electron chi connectivity index (χ3n) is 1.06. The highest BCUT2D eigenvalue weighted by molar-refractivity contribution is 9.09. The summed E-state index contributed by atoms with van der Waals surface area (Å²) in [7, 11) is 0. The number of unbranched alkanes of at least 4 members (excludes halogenated alkanes) is 3. The maximum Gasteiger partial charge on any atom is 0.0230 e. The summed E-state index contributed by atoms with van der Waals surface area (Å²) in [6.07, 6.45) is 4.55.